The van der Waals surface area contributed by atoms with E-state index < -0.39 is 0 Å². The maximum absolute atomic E-state index is 5.29. The number of nitrogens with two attached hydrogens (primary N) is 1. The second kappa shape index (κ2) is 5.31. The minimum atomic E-state index is 0.649. The molecule has 0 fully saturated rings. The molecule has 6 heteroatoms. The van der Waals surface area contributed by atoms with Crippen LogP contribution in [0.15, 0.2) is 30.6 Å². The molecule has 0 aliphatic rings. The van der Waals surface area contributed by atoms with Gasteiger partial charge in [0.1, 0.15) is 5.82 Å². The van der Waals surface area contributed by atoms with E-state index in [2.05, 4.69) is 20.8 Å². The van der Waals surface area contributed by atoms with E-state index in [4.69, 9.17) is 5.84 Å². The minimum absolute atomic E-state index is 0.649. The zero-order chi connectivity index (χ0) is 12.1. The number of hydrazine groups is 1. The molecular weight excluding hydrogens is 216 g/mol. The highest BCUT2D eigenvalue weighted by Gasteiger charge is 1.99. The lowest BCUT2D eigenvalue weighted by molar-refractivity contribution is 0.711. The summed E-state index contributed by atoms with van der Waals surface area (Å²) in [4.78, 5) is 4.04. The molecular formula is C11H16N6. The number of aromatic nitrogens is 3. The van der Waals surface area contributed by atoms with Crippen LogP contribution in [0.3, 0.4) is 0 Å². The Bertz CT molecular complexity index is 478. The molecule has 2 aromatic heterocycles. The SMILES string of the molecule is Cn1nccc1CCNc1ccnc(NN)c1. The highest BCUT2D eigenvalue weighted by atomic mass is 15.3. The summed E-state index contributed by atoms with van der Waals surface area (Å²) in [7, 11) is 1.94. The minimum Gasteiger partial charge on any atom is -0.384 e. The molecule has 0 aromatic carbocycles. The Kier molecular flexibility index (Phi) is 3.56. The van der Waals surface area contributed by atoms with Crippen molar-refractivity contribution in [3.8, 4) is 0 Å². The fourth-order valence-electron chi connectivity index (χ4n) is 1.60. The van der Waals surface area contributed by atoms with Crippen LogP contribution in [0, 0.1) is 0 Å². The third-order valence-electron chi connectivity index (χ3n) is 2.54. The molecule has 2 heterocycles. The summed E-state index contributed by atoms with van der Waals surface area (Å²) < 4.78 is 1.88. The van der Waals surface area contributed by atoms with Gasteiger partial charge in [-0.05, 0) is 12.1 Å². The Labute approximate surface area is 99.8 Å². The molecule has 0 saturated carbocycles. The standard InChI is InChI=1S/C11H16N6/c1-17-10(4-7-15-17)3-6-13-9-2-5-14-11(8-9)16-12/h2,4-5,7-8H,3,6,12H2,1H3,(H2,13,14,16). The van der Waals surface area contributed by atoms with Crippen LogP contribution in [-0.2, 0) is 13.5 Å². The van der Waals surface area contributed by atoms with E-state index in [0.29, 0.717) is 5.82 Å². The van der Waals surface area contributed by atoms with Gasteiger partial charge in [0.05, 0.1) is 0 Å². The van der Waals surface area contributed by atoms with Crippen LogP contribution in [0.1, 0.15) is 5.69 Å². The van der Waals surface area contributed by atoms with Gasteiger partial charge in [0, 0.05) is 49.9 Å². The predicted octanol–water partition coefficient (Wildman–Crippen LogP) is 0.755. The second-order valence-corrected chi connectivity index (χ2v) is 3.70. The van der Waals surface area contributed by atoms with Crippen molar-refractivity contribution in [1.82, 2.24) is 14.8 Å². The summed E-state index contributed by atoms with van der Waals surface area (Å²) in [5.74, 6) is 5.94. The van der Waals surface area contributed by atoms with Gasteiger partial charge in [-0.2, -0.15) is 5.10 Å². The molecule has 2 aromatic rings. The van der Waals surface area contributed by atoms with Crippen LogP contribution in [0.25, 0.3) is 0 Å². The first-order valence-corrected chi connectivity index (χ1v) is 5.43. The first-order valence-electron chi connectivity index (χ1n) is 5.43. The first kappa shape index (κ1) is 11.4. The summed E-state index contributed by atoms with van der Waals surface area (Å²) in [6.45, 7) is 0.841. The number of nitrogens with zero attached hydrogens (tertiary/aromatic N) is 3. The molecule has 4 N–H and O–H groups in total. The lowest BCUT2D eigenvalue weighted by Crippen LogP contribution is -2.11. The zero-order valence-corrected chi connectivity index (χ0v) is 9.72. The Balaban J connectivity index is 1.87. The van der Waals surface area contributed by atoms with Crippen LogP contribution >= 0.6 is 0 Å². The van der Waals surface area contributed by atoms with Crippen molar-refractivity contribution in [1.29, 1.82) is 0 Å². The van der Waals surface area contributed by atoms with Crippen molar-refractivity contribution in [3.63, 3.8) is 0 Å². The Morgan fingerprint density at radius 1 is 1.35 bits per heavy atom. The number of hydrogen-bond acceptors (Lipinski definition) is 5. The molecule has 0 saturated heterocycles. The lowest BCUT2D eigenvalue weighted by Gasteiger charge is -2.07. The molecule has 17 heavy (non-hydrogen) atoms. The molecule has 0 unspecified atom stereocenters. The van der Waals surface area contributed by atoms with Crippen LogP contribution in [0.2, 0.25) is 0 Å². The van der Waals surface area contributed by atoms with Gasteiger partial charge in [-0.3, -0.25) is 4.68 Å². The van der Waals surface area contributed by atoms with Crippen LogP contribution in [0.4, 0.5) is 11.5 Å². The van der Waals surface area contributed by atoms with Gasteiger partial charge in [-0.25, -0.2) is 10.8 Å². The van der Waals surface area contributed by atoms with E-state index in [-0.39, 0.29) is 0 Å². The average molecular weight is 232 g/mol. The van der Waals surface area contributed by atoms with E-state index in [1.54, 1.807) is 12.4 Å². The summed E-state index contributed by atoms with van der Waals surface area (Å²) in [5.41, 5.74) is 4.71. The van der Waals surface area contributed by atoms with E-state index in [9.17, 15) is 0 Å². The van der Waals surface area contributed by atoms with Crippen molar-refractivity contribution in [2.24, 2.45) is 12.9 Å². The molecule has 2 rings (SSSR count). The van der Waals surface area contributed by atoms with Crippen LogP contribution < -0.4 is 16.6 Å². The maximum Gasteiger partial charge on any atom is 0.141 e. The molecule has 6 nitrogen and oxygen atoms in total. The number of rotatable bonds is 5. The quantitative estimate of drug-likeness (QED) is 0.523. The molecule has 0 aliphatic heterocycles. The van der Waals surface area contributed by atoms with Crippen molar-refractivity contribution in [2.45, 2.75) is 6.42 Å². The third-order valence-corrected chi connectivity index (χ3v) is 2.54. The van der Waals surface area contributed by atoms with Crippen molar-refractivity contribution in [3.05, 3.63) is 36.3 Å². The smallest absolute Gasteiger partial charge is 0.141 e. The normalized spacial score (nSPS) is 10.2. The van der Waals surface area contributed by atoms with Crippen molar-refractivity contribution < 1.29 is 0 Å². The maximum atomic E-state index is 5.29. The van der Waals surface area contributed by atoms with Gasteiger partial charge in [0.2, 0.25) is 0 Å². The van der Waals surface area contributed by atoms with Crippen LogP contribution in [0.5, 0.6) is 0 Å². The molecule has 0 radical (unpaired) electrons. The summed E-state index contributed by atoms with van der Waals surface area (Å²) >= 11 is 0. The molecule has 0 bridgehead atoms. The highest BCUT2D eigenvalue weighted by Crippen LogP contribution is 2.10. The third kappa shape index (κ3) is 2.94. The molecule has 0 spiro atoms. The summed E-state index contributed by atoms with van der Waals surface area (Å²) in [6.07, 6.45) is 4.43. The summed E-state index contributed by atoms with van der Waals surface area (Å²) in [5, 5.41) is 7.43. The number of nitrogen functional groups attached to an aromatic ring is 1. The average Bonchev–Trinajstić information content (AvgIpc) is 2.76. The Morgan fingerprint density at radius 3 is 2.94 bits per heavy atom. The van der Waals surface area contributed by atoms with Crippen molar-refractivity contribution >= 4 is 11.5 Å². The van der Waals surface area contributed by atoms with Gasteiger partial charge in [-0.15, -0.1) is 0 Å². The van der Waals surface area contributed by atoms with E-state index in [1.807, 2.05) is 29.9 Å². The monoisotopic (exact) mass is 232 g/mol. The van der Waals surface area contributed by atoms with E-state index >= 15 is 0 Å². The van der Waals surface area contributed by atoms with E-state index in [0.717, 1.165) is 18.7 Å². The van der Waals surface area contributed by atoms with Gasteiger partial charge in [0.25, 0.3) is 0 Å². The predicted molar refractivity (Wildman–Crippen MR) is 67.4 cm³/mol. The van der Waals surface area contributed by atoms with Crippen LogP contribution in [-0.4, -0.2) is 21.3 Å². The molecule has 0 amide bonds. The van der Waals surface area contributed by atoms with Crippen molar-refractivity contribution in [2.75, 3.05) is 17.3 Å². The second-order valence-electron chi connectivity index (χ2n) is 3.70. The van der Waals surface area contributed by atoms with Gasteiger partial charge in [-0.1, -0.05) is 0 Å². The first-order chi connectivity index (χ1) is 8.29. The van der Waals surface area contributed by atoms with E-state index in [1.165, 1.54) is 5.69 Å². The zero-order valence-electron chi connectivity index (χ0n) is 9.72. The Morgan fingerprint density at radius 2 is 2.24 bits per heavy atom. The largest absolute Gasteiger partial charge is 0.384 e. The Hall–Kier alpha value is -2.08. The number of hydrogen-bond donors (Lipinski definition) is 3. The summed E-state index contributed by atoms with van der Waals surface area (Å²) in [6, 6.07) is 5.79. The number of aryl methyl sites for hydroxylation is 1. The van der Waals surface area contributed by atoms with Gasteiger partial charge >= 0.3 is 0 Å². The molecule has 0 atom stereocenters. The fraction of sp³-hybridized carbons (Fsp3) is 0.273. The molecule has 0 aliphatic carbocycles. The topological polar surface area (TPSA) is 80.8 Å². The fourth-order valence-corrected chi connectivity index (χ4v) is 1.60. The highest BCUT2D eigenvalue weighted by molar-refractivity contribution is 5.51. The number of anilines is 2. The number of nitrogens with one attached hydrogen (secondary N) is 2. The van der Waals surface area contributed by atoms with Gasteiger partial charge < -0.3 is 10.7 Å². The van der Waals surface area contributed by atoms with Gasteiger partial charge in [0.15, 0.2) is 0 Å². The number of pyridine rings is 1. The molecule has 90 valence electrons. The lowest BCUT2D eigenvalue weighted by atomic mass is 10.3.